The molecular weight excluding hydrogens is 604 g/mol. The SMILES string of the molecule is Br.CCCC(OC(=O)c1ccccc1)c1c2ccc(=N)c(Br)c-2oc2c(Br)c(N)ccc12. The van der Waals surface area contributed by atoms with Crippen LogP contribution in [0.5, 0.6) is 0 Å². The van der Waals surface area contributed by atoms with Crippen molar-refractivity contribution >= 4 is 71.5 Å². The molecule has 0 bridgehead atoms. The lowest BCUT2D eigenvalue weighted by atomic mass is 9.93. The Hall–Kier alpha value is -2.16. The van der Waals surface area contributed by atoms with Crippen LogP contribution in [0.2, 0.25) is 0 Å². The molecule has 1 heterocycles. The Balaban J connectivity index is 0.00000289. The van der Waals surface area contributed by atoms with Crippen molar-refractivity contribution in [1.29, 1.82) is 5.41 Å². The van der Waals surface area contributed by atoms with Crippen molar-refractivity contribution in [3.8, 4) is 11.3 Å². The van der Waals surface area contributed by atoms with Gasteiger partial charge >= 0.3 is 5.97 Å². The fourth-order valence-corrected chi connectivity index (χ4v) is 4.49. The van der Waals surface area contributed by atoms with Crippen molar-refractivity contribution in [3.63, 3.8) is 0 Å². The van der Waals surface area contributed by atoms with Crippen LogP contribution in [0.15, 0.2) is 68.0 Å². The molecule has 0 fully saturated rings. The molecule has 2 aliphatic rings. The lowest BCUT2D eigenvalue weighted by Crippen LogP contribution is -2.14. The summed E-state index contributed by atoms with van der Waals surface area (Å²) in [5.41, 5.74) is 9.30. The first kappa shape index (κ1) is 24.5. The molecule has 166 valence electrons. The van der Waals surface area contributed by atoms with E-state index in [2.05, 4.69) is 31.9 Å². The van der Waals surface area contributed by atoms with Crippen LogP contribution in [0, 0.1) is 5.41 Å². The summed E-state index contributed by atoms with van der Waals surface area (Å²) in [5.74, 6) is 0.130. The number of hydrogen-bond acceptors (Lipinski definition) is 5. The normalized spacial score (nSPS) is 11.8. The monoisotopic (exact) mass is 622 g/mol. The van der Waals surface area contributed by atoms with Crippen molar-refractivity contribution in [2.24, 2.45) is 0 Å². The van der Waals surface area contributed by atoms with Gasteiger partial charge in [0, 0.05) is 22.2 Å². The number of nitrogens with one attached hydrogen (secondary N) is 1. The number of anilines is 1. The molecule has 3 N–H and O–H groups in total. The summed E-state index contributed by atoms with van der Waals surface area (Å²) in [4.78, 5) is 12.9. The zero-order chi connectivity index (χ0) is 22.1. The maximum absolute atomic E-state index is 12.9. The Morgan fingerprint density at radius 2 is 1.81 bits per heavy atom. The molecule has 1 unspecified atom stereocenters. The zero-order valence-electron chi connectivity index (χ0n) is 17.2. The van der Waals surface area contributed by atoms with E-state index < -0.39 is 6.10 Å². The van der Waals surface area contributed by atoms with Gasteiger partial charge in [-0.15, -0.1) is 17.0 Å². The lowest BCUT2D eigenvalue weighted by Gasteiger charge is -2.24. The van der Waals surface area contributed by atoms with Crippen LogP contribution in [0.25, 0.3) is 22.3 Å². The largest absolute Gasteiger partial charge is 0.454 e. The van der Waals surface area contributed by atoms with Gasteiger partial charge in [0.05, 0.1) is 19.9 Å². The average molecular weight is 625 g/mol. The lowest BCUT2D eigenvalue weighted by molar-refractivity contribution is 0.0279. The van der Waals surface area contributed by atoms with Gasteiger partial charge in [-0.2, -0.15) is 0 Å². The average Bonchev–Trinajstić information content (AvgIpc) is 2.78. The molecule has 0 spiro atoms. The molecule has 1 atom stereocenters. The minimum atomic E-state index is -0.502. The summed E-state index contributed by atoms with van der Waals surface area (Å²) < 4.78 is 13.4. The second kappa shape index (κ2) is 10.2. The van der Waals surface area contributed by atoms with E-state index in [4.69, 9.17) is 20.3 Å². The first-order valence-electron chi connectivity index (χ1n) is 9.85. The second-order valence-electron chi connectivity index (χ2n) is 7.21. The van der Waals surface area contributed by atoms with Gasteiger partial charge in [0.15, 0.2) is 11.3 Å². The van der Waals surface area contributed by atoms with Gasteiger partial charge in [-0.25, -0.2) is 4.79 Å². The number of fused-ring (bicyclic) bond motifs is 2. The van der Waals surface area contributed by atoms with Gasteiger partial charge in [-0.3, -0.25) is 5.41 Å². The molecule has 32 heavy (non-hydrogen) atoms. The van der Waals surface area contributed by atoms with Gasteiger partial charge in [-0.05, 0) is 74.7 Å². The highest BCUT2D eigenvalue weighted by atomic mass is 79.9. The topological polar surface area (TPSA) is 89.3 Å². The van der Waals surface area contributed by atoms with Crippen LogP contribution >= 0.6 is 48.8 Å². The number of carbonyl (C=O) groups is 1. The van der Waals surface area contributed by atoms with Crippen molar-refractivity contribution in [1.82, 2.24) is 0 Å². The van der Waals surface area contributed by atoms with Gasteiger partial charge in [-0.1, -0.05) is 31.5 Å². The maximum Gasteiger partial charge on any atom is 0.338 e. The van der Waals surface area contributed by atoms with Gasteiger partial charge in [0.2, 0.25) is 0 Å². The Labute approximate surface area is 212 Å². The highest BCUT2D eigenvalue weighted by Crippen LogP contribution is 2.44. The Morgan fingerprint density at radius 3 is 2.50 bits per heavy atom. The molecule has 0 saturated carbocycles. The zero-order valence-corrected chi connectivity index (χ0v) is 22.0. The summed E-state index contributed by atoms with van der Waals surface area (Å²) >= 11 is 7.01. The third-order valence-electron chi connectivity index (χ3n) is 5.14. The van der Waals surface area contributed by atoms with E-state index in [-0.39, 0.29) is 23.0 Å². The molecule has 0 radical (unpaired) electrons. The molecule has 0 amide bonds. The Bertz CT molecular complexity index is 1310. The summed E-state index contributed by atoms with van der Waals surface area (Å²) in [6.07, 6.45) is 0.947. The number of carbonyl (C=O) groups excluding carboxylic acids is 1. The molecule has 2 aromatic rings. The number of nitrogens with two attached hydrogens (primary N) is 1. The quantitative estimate of drug-likeness (QED) is 0.138. The van der Waals surface area contributed by atoms with E-state index in [9.17, 15) is 4.79 Å². The maximum atomic E-state index is 12.9. The van der Waals surface area contributed by atoms with E-state index in [1.54, 1.807) is 24.3 Å². The van der Waals surface area contributed by atoms with Crippen molar-refractivity contribution in [2.75, 3.05) is 5.73 Å². The van der Waals surface area contributed by atoms with Crippen LogP contribution in [0.4, 0.5) is 5.69 Å². The van der Waals surface area contributed by atoms with E-state index >= 15 is 0 Å². The highest BCUT2D eigenvalue weighted by molar-refractivity contribution is 9.11. The molecule has 2 aromatic carbocycles. The van der Waals surface area contributed by atoms with Crippen LogP contribution < -0.4 is 11.1 Å². The number of ether oxygens (including phenoxy) is 1. The first-order chi connectivity index (χ1) is 14.9. The van der Waals surface area contributed by atoms with E-state index in [1.165, 1.54) is 0 Å². The van der Waals surface area contributed by atoms with Crippen LogP contribution in [0.3, 0.4) is 0 Å². The number of hydrogen-bond donors (Lipinski definition) is 2. The Morgan fingerprint density at radius 1 is 1.09 bits per heavy atom. The Kier molecular flexibility index (Phi) is 7.79. The standard InChI is InChI=1S/C24H20Br2N2O3.BrH/c1-2-6-18(30-24(29)13-7-4-3-5-8-13)19-14-9-11-16(27)20(25)22(14)31-23-15(19)10-12-17(28)21(23)26;/h3-5,7-12,18,27H,2,6,28H2,1H3;1H. The second-order valence-corrected chi connectivity index (χ2v) is 8.80. The molecule has 1 aliphatic carbocycles. The van der Waals surface area contributed by atoms with Crippen LogP contribution in [-0.4, -0.2) is 5.97 Å². The van der Waals surface area contributed by atoms with E-state index in [0.717, 1.165) is 22.9 Å². The first-order valence-corrected chi connectivity index (χ1v) is 11.4. The number of halogens is 3. The predicted molar refractivity (Wildman–Crippen MR) is 138 cm³/mol. The number of esters is 1. The van der Waals surface area contributed by atoms with Gasteiger partial charge in [0.25, 0.3) is 0 Å². The molecule has 1 aliphatic heterocycles. The third-order valence-corrected chi connectivity index (χ3v) is 6.75. The molecule has 5 nitrogen and oxygen atoms in total. The highest BCUT2D eigenvalue weighted by Gasteiger charge is 2.28. The minimum Gasteiger partial charge on any atom is -0.454 e. The van der Waals surface area contributed by atoms with Crippen molar-refractivity contribution < 1.29 is 13.9 Å². The van der Waals surface area contributed by atoms with E-state index in [1.807, 2.05) is 37.3 Å². The summed E-state index contributed by atoms with van der Waals surface area (Å²) in [6, 6.07) is 16.2. The summed E-state index contributed by atoms with van der Waals surface area (Å²) in [7, 11) is 0. The third kappa shape index (κ3) is 4.49. The fourth-order valence-electron chi connectivity index (χ4n) is 3.64. The summed E-state index contributed by atoms with van der Waals surface area (Å²) in [6.45, 7) is 2.05. The van der Waals surface area contributed by atoms with Crippen molar-refractivity contribution in [2.45, 2.75) is 25.9 Å². The summed E-state index contributed by atoms with van der Waals surface area (Å²) in [5, 5.41) is 9.27. The molecule has 0 aromatic heterocycles. The number of benzene rings is 3. The molecular formula is C24H21Br3N2O3. The molecule has 4 rings (SSSR count). The predicted octanol–water partition coefficient (Wildman–Crippen LogP) is 7.40. The number of nitrogen functional groups attached to an aromatic ring is 1. The molecule has 0 saturated heterocycles. The van der Waals surface area contributed by atoms with Crippen LogP contribution in [0.1, 0.15) is 41.8 Å². The van der Waals surface area contributed by atoms with Gasteiger partial charge < -0.3 is 14.9 Å². The fraction of sp³-hybridized carbons (Fsp3) is 0.167. The molecule has 8 heteroatoms. The van der Waals surface area contributed by atoms with Crippen molar-refractivity contribution in [3.05, 3.63) is 80.0 Å². The smallest absolute Gasteiger partial charge is 0.338 e. The van der Waals surface area contributed by atoms with E-state index in [0.29, 0.717) is 43.3 Å². The number of rotatable bonds is 5. The minimum absolute atomic E-state index is 0. The van der Waals surface area contributed by atoms with Gasteiger partial charge in [0.1, 0.15) is 6.10 Å². The van der Waals surface area contributed by atoms with Crippen LogP contribution in [-0.2, 0) is 4.74 Å².